The summed E-state index contributed by atoms with van der Waals surface area (Å²) in [6.07, 6.45) is 0. The van der Waals surface area contributed by atoms with Crippen LogP contribution in [-0.2, 0) is 24.9 Å². The first-order chi connectivity index (χ1) is 13.1. The van der Waals surface area contributed by atoms with E-state index < -0.39 is 16.0 Å². The first kappa shape index (κ1) is 21.9. The Labute approximate surface area is 169 Å². The van der Waals surface area contributed by atoms with E-state index in [2.05, 4.69) is 0 Å². The molecule has 0 aliphatic heterocycles. The fourth-order valence-corrected chi connectivity index (χ4v) is 4.94. The van der Waals surface area contributed by atoms with E-state index in [0.717, 1.165) is 21.2 Å². The number of benzene rings is 1. The Morgan fingerprint density at radius 2 is 1.93 bits per heavy atom. The second-order valence-electron chi connectivity index (χ2n) is 6.97. The lowest BCUT2D eigenvalue weighted by molar-refractivity contribution is 0.0607. The maximum absolute atomic E-state index is 13.4. The Balaban J connectivity index is 2.65. The van der Waals surface area contributed by atoms with Crippen molar-refractivity contribution >= 4 is 33.0 Å². The van der Waals surface area contributed by atoms with E-state index in [1.54, 1.807) is 17.5 Å². The molecular weight excluding hydrogens is 400 g/mol. The predicted molar refractivity (Wildman–Crippen MR) is 107 cm³/mol. The summed E-state index contributed by atoms with van der Waals surface area (Å²) in [7, 11) is -1.60. The molecule has 0 fully saturated rings. The van der Waals surface area contributed by atoms with E-state index in [-0.39, 0.29) is 33.2 Å². The van der Waals surface area contributed by atoms with Gasteiger partial charge in [-0.15, -0.1) is 11.3 Å². The van der Waals surface area contributed by atoms with Crippen LogP contribution in [-0.4, -0.2) is 35.3 Å². The Kier molecular flexibility index (Phi) is 6.49. The van der Waals surface area contributed by atoms with E-state index in [1.165, 1.54) is 26.4 Å². The first-order valence-corrected chi connectivity index (χ1v) is 10.6. The van der Waals surface area contributed by atoms with Gasteiger partial charge in [-0.2, -0.15) is 5.26 Å². The molecule has 1 heterocycles. The van der Waals surface area contributed by atoms with E-state index in [4.69, 9.17) is 9.47 Å². The Bertz CT molecular complexity index is 1010. The standard InChI is InChI=1S/C19H22N2O5S2/c1-19(2,3)14-6-7-16(13(10-14)11-20)28(23,24)21(12-25-4)15-8-9-27-17(15)18(22)26-5/h6-10H,12H2,1-5H3. The third-order valence-corrected chi connectivity index (χ3v) is 6.74. The van der Waals surface area contributed by atoms with Crippen molar-refractivity contribution in [2.24, 2.45) is 0 Å². The lowest BCUT2D eigenvalue weighted by atomic mass is 9.86. The normalized spacial score (nSPS) is 11.7. The highest BCUT2D eigenvalue weighted by Crippen LogP contribution is 2.33. The zero-order valence-corrected chi connectivity index (χ0v) is 18.0. The molecule has 7 nitrogen and oxygen atoms in total. The molecule has 0 radical (unpaired) electrons. The van der Waals surface area contributed by atoms with Crippen LogP contribution in [0.5, 0.6) is 0 Å². The van der Waals surface area contributed by atoms with Gasteiger partial charge >= 0.3 is 5.97 Å². The maximum atomic E-state index is 13.4. The largest absolute Gasteiger partial charge is 0.465 e. The summed E-state index contributed by atoms with van der Waals surface area (Å²) >= 11 is 1.06. The molecule has 0 aliphatic rings. The lowest BCUT2D eigenvalue weighted by Crippen LogP contribution is -2.34. The van der Waals surface area contributed by atoms with Gasteiger partial charge in [-0.25, -0.2) is 17.5 Å². The van der Waals surface area contributed by atoms with Crippen molar-refractivity contribution in [3.63, 3.8) is 0 Å². The van der Waals surface area contributed by atoms with Gasteiger partial charge in [0.15, 0.2) is 0 Å². The second-order valence-corrected chi connectivity index (χ2v) is 9.72. The van der Waals surface area contributed by atoms with Crippen molar-refractivity contribution in [1.29, 1.82) is 5.26 Å². The third kappa shape index (κ3) is 4.19. The number of hydrogen-bond acceptors (Lipinski definition) is 7. The van der Waals surface area contributed by atoms with Crippen LogP contribution in [0.4, 0.5) is 5.69 Å². The van der Waals surface area contributed by atoms with E-state index in [9.17, 15) is 18.5 Å². The Hall–Kier alpha value is -2.41. The second kappa shape index (κ2) is 8.31. The summed E-state index contributed by atoms with van der Waals surface area (Å²) in [6.45, 7) is 5.60. The summed E-state index contributed by atoms with van der Waals surface area (Å²) in [4.78, 5) is 12.0. The smallest absolute Gasteiger partial charge is 0.350 e. The number of ether oxygens (including phenoxy) is 2. The SMILES string of the molecule is COCN(c1ccsc1C(=O)OC)S(=O)(=O)c1ccc(C(C)(C)C)cc1C#N. The number of hydrogen-bond donors (Lipinski definition) is 0. The van der Waals surface area contributed by atoms with Gasteiger partial charge in [-0.05, 0) is 34.6 Å². The Morgan fingerprint density at radius 3 is 2.46 bits per heavy atom. The summed E-state index contributed by atoms with van der Waals surface area (Å²) in [5, 5.41) is 11.1. The van der Waals surface area contributed by atoms with E-state index in [1.807, 2.05) is 26.8 Å². The minimum absolute atomic E-state index is 0.0309. The minimum atomic E-state index is -4.17. The number of nitrogens with zero attached hydrogens (tertiary/aromatic N) is 2. The number of methoxy groups -OCH3 is 2. The van der Waals surface area contributed by atoms with Crippen LogP contribution in [0.25, 0.3) is 0 Å². The minimum Gasteiger partial charge on any atom is -0.465 e. The van der Waals surface area contributed by atoms with Gasteiger partial charge < -0.3 is 9.47 Å². The predicted octanol–water partition coefficient (Wildman–Crippen LogP) is 3.50. The topological polar surface area (TPSA) is 96.7 Å². The van der Waals surface area contributed by atoms with Gasteiger partial charge in [0.1, 0.15) is 22.6 Å². The van der Waals surface area contributed by atoms with Crippen molar-refractivity contribution < 1.29 is 22.7 Å². The van der Waals surface area contributed by atoms with Gasteiger partial charge in [-0.3, -0.25) is 0 Å². The summed E-state index contributed by atoms with van der Waals surface area (Å²) in [5.41, 5.74) is 0.767. The van der Waals surface area contributed by atoms with Crippen LogP contribution < -0.4 is 4.31 Å². The number of thiophene rings is 1. The highest BCUT2D eigenvalue weighted by atomic mass is 32.2. The molecule has 2 aromatic rings. The van der Waals surface area contributed by atoms with Crippen LogP contribution in [0.15, 0.2) is 34.5 Å². The molecule has 0 saturated heterocycles. The molecule has 0 amide bonds. The van der Waals surface area contributed by atoms with Crippen LogP contribution in [0.3, 0.4) is 0 Å². The molecule has 0 unspecified atom stereocenters. The van der Waals surface area contributed by atoms with Gasteiger partial charge in [0.05, 0.1) is 18.4 Å². The molecule has 1 aromatic carbocycles. The maximum Gasteiger partial charge on any atom is 0.350 e. The van der Waals surface area contributed by atoms with E-state index in [0.29, 0.717) is 0 Å². The van der Waals surface area contributed by atoms with Crippen molar-refractivity contribution in [2.75, 3.05) is 25.3 Å². The molecule has 0 atom stereocenters. The molecule has 0 saturated carbocycles. The zero-order chi connectivity index (χ0) is 21.1. The van der Waals surface area contributed by atoms with Crippen LogP contribution >= 0.6 is 11.3 Å². The number of carbonyl (C=O) groups excluding carboxylic acids is 1. The monoisotopic (exact) mass is 422 g/mol. The fourth-order valence-electron chi connectivity index (χ4n) is 2.56. The number of nitriles is 1. The van der Waals surface area contributed by atoms with E-state index >= 15 is 0 Å². The number of esters is 1. The molecule has 0 aliphatic carbocycles. The molecule has 0 N–H and O–H groups in total. The van der Waals surface area contributed by atoms with Gasteiger partial charge in [-0.1, -0.05) is 26.8 Å². The average molecular weight is 423 g/mol. The average Bonchev–Trinajstić information content (AvgIpc) is 3.13. The molecule has 0 bridgehead atoms. The summed E-state index contributed by atoms with van der Waals surface area (Å²) < 4.78 is 37.5. The molecule has 2 rings (SSSR count). The van der Waals surface area contributed by atoms with Crippen molar-refractivity contribution in [3.8, 4) is 6.07 Å². The van der Waals surface area contributed by atoms with Crippen LogP contribution in [0.2, 0.25) is 0 Å². The number of sulfonamides is 1. The molecule has 28 heavy (non-hydrogen) atoms. The van der Waals surface area contributed by atoms with Crippen LogP contribution in [0.1, 0.15) is 41.6 Å². The number of rotatable bonds is 6. The molecule has 9 heteroatoms. The summed E-state index contributed by atoms with van der Waals surface area (Å²) in [5.74, 6) is -0.648. The van der Waals surface area contributed by atoms with Crippen LogP contribution in [0, 0.1) is 11.3 Å². The lowest BCUT2D eigenvalue weighted by Gasteiger charge is -2.25. The van der Waals surface area contributed by atoms with Gasteiger partial charge in [0, 0.05) is 7.11 Å². The molecule has 150 valence electrons. The van der Waals surface area contributed by atoms with Crippen molar-refractivity contribution in [3.05, 3.63) is 45.6 Å². The van der Waals surface area contributed by atoms with Crippen molar-refractivity contribution in [2.45, 2.75) is 31.1 Å². The molecular formula is C19H22N2O5S2. The number of carbonyl (C=O) groups is 1. The van der Waals surface area contributed by atoms with Gasteiger partial charge in [0.25, 0.3) is 10.0 Å². The van der Waals surface area contributed by atoms with Crippen molar-refractivity contribution in [1.82, 2.24) is 0 Å². The third-order valence-electron chi connectivity index (χ3n) is 4.06. The number of anilines is 1. The quantitative estimate of drug-likeness (QED) is 0.522. The zero-order valence-electron chi connectivity index (χ0n) is 16.3. The first-order valence-electron chi connectivity index (χ1n) is 8.30. The molecule has 1 aromatic heterocycles. The molecule has 0 spiro atoms. The highest BCUT2D eigenvalue weighted by Gasteiger charge is 2.32. The summed E-state index contributed by atoms with van der Waals surface area (Å²) in [6, 6.07) is 8.15. The van der Waals surface area contributed by atoms with Gasteiger partial charge in [0.2, 0.25) is 0 Å². The Morgan fingerprint density at radius 1 is 1.25 bits per heavy atom. The highest BCUT2D eigenvalue weighted by molar-refractivity contribution is 7.93. The fraction of sp³-hybridized carbons (Fsp3) is 0.368.